The lowest BCUT2D eigenvalue weighted by Crippen LogP contribution is -2.43. The summed E-state index contributed by atoms with van der Waals surface area (Å²) in [5.41, 5.74) is 5.33. The van der Waals surface area contributed by atoms with Crippen molar-refractivity contribution in [2.45, 2.75) is 26.3 Å². The third-order valence-electron chi connectivity index (χ3n) is 2.91. The van der Waals surface area contributed by atoms with E-state index >= 15 is 0 Å². The van der Waals surface area contributed by atoms with Crippen LogP contribution in [0.4, 0.5) is 0 Å². The van der Waals surface area contributed by atoms with Crippen molar-refractivity contribution in [2.24, 2.45) is 11.7 Å². The van der Waals surface area contributed by atoms with Crippen molar-refractivity contribution >= 4 is 5.91 Å². The van der Waals surface area contributed by atoms with E-state index in [2.05, 4.69) is 43.1 Å². The van der Waals surface area contributed by atoms with Crippen molar-refractivity contribution in [3.8, 4) is 0 Å². The zero-order chi connectivity index (χ0) is 14.1. The maximum absolute atomic E-state index is 11.2. The van der Waals surface area contributed by atoms with Crippen molar-refractivity contribution in [2.75, 3.05) is 47.3 Å². The Morgan fingerprint density at radius 3 is 2.22 bits per heavy atom. The number of hydrogen-bond acceptors (Lipinski definition) is 4. The van der Waals surface area contributed by atoms with Gasteiger partial charge < -0.3 is 20.9 Å². The molecule has 3 N–H and O–H groups in total. The largest absolute Gasteiger partial charge is 0.368 e. The molecule has 0 aliphatic carbocycles. The Kier molecular flexibility index (Phi) is 8.97. The Hall–Kier alpha value is -0.650. The predicted molar refractivity (Wildman–Crippen MR) is 76.5 cm³/mol. The van der Waals surface area contributed by atoms with Gasteiger partial charge in [0.05, 0.1) is 6.04 Å². The van der Waals surface area contributed by atoms with Gasteiger partial charge in [-0.15, -0.1) is 0 Å². The van der Waals surface area contributed by atoms with Crippen molar-refractivity contribution in [1.82, 2.24) is 15.1 Å². The number of amides is 1. The number of nitrogens with zero attached hydrogens (tertiary/aromatic N) is 2. The van der Waals surface area contributed by atoms with Crippen LogP contribution < -0.4 is 11.1 Å². The van der Waals surface area contributed by atoms with Crippen LogP contribution in [-0.4, -0.2) is 69.1 Å². The molecule has 18 heavy (non-hydrogen) atoms. The average molecular weight is 258 g/mol. The van der Waals surface area contributed by atoms with Gasteiger partial charge in [-0.05, 0) is 33.5 Å². The molecule has 1 unspecified atom stereocenters. The van der Waals surface area contributed by atoms with E-state index in [9.17, 15) is 4.79 Å². The SMILES string of the molecule is CNC(CCN(CCN(C)C)CC(C)C)C(N)=O. The summed E-state index contributed by atoms with van der Waals surface area (Å²) in [6, 6.07) is -0.223. The first kappa shape index (κ1) is 17.4. The zero-order valence-corrected chi connectivity index (χ0v) is 12.6. The first-order valence-electron chi connectivity index (χ1n) is 6.70. The van der Waals surface area contributed by atoms with Gasteiger partial charge in [-0.1, -0.05) is 13.8 Å². The van der Waals surface area contributed by atoms with Crippen molar-refractivity contribution in [3.63, 3.8) is 0 Å². The van der Waals surface area contributed by atoms with Gasteiger partial charge in [-0.2, -0.15) is 0 Å². The molecule has 0 bridgehead atoms. The van der Waals surface area contributed by atoms with Crippen LogP contribution in [0.3, 0.4) is 0 Å². The first-order chi connectivity index (χ1) is 8.36. The molecule has 5 heteroatoms. The fourth-order valence-electron chi connectivity index (χ4n) is 1.89. The molecule has 0 saturated carbocycles. The summed E-state index contributed by atoms with van der Waals surface area (Å²) in [6.45, 7) is 8.45. The lowest BCUT2D eigenvalue weighted by atomic mass is 10.1. The molecule has 5 nitrogen and oxygen atoms in total. The first-order valence-corrected chi connectivity index (χ1v) is 6.70. The standard InChI is InChI=1S/C13H30N4O/c1-11(2)10-17(9-8-16(4)5)7-6-12(15-3)13(14)18/h11-12,15H,6-10H2,1-5H3,(H2,14,18). The van der Waals surface area contributed by atoms with Crippen LogP contribution in [0.25, 0.3) is 0 Å². The van der Waals surface area contributed by atoms with Gasteiger partial charge in [0.15, 0.2) is 0 Å². The lowest BCUT2D eigenvalue weighted by molar-refractivity contribution is -0.120. The lowest BCUT2D eigenvalue weighted by Gasteiger charge is -2.27. The van der Waals surface area contributed by atoms with Gasteiger partial charge in [0.2, 0.25) is 5.91 Å². The van der Waals surface area contributed by atoms with Crippen LogP contribution in [0.15, 0.2) is 0 Å². The molecule has 0 radical (unpaired) electrons. The summed E-state index contributed by atoms with van der Waals surface area (Å²) in [5.74, 6) is 0.364. The number of primary amides is 1. The van der Waals surface area contributed by atoms with Gasteiger partial charge in [0, 0.05) is 26.2 Å². The summed E-state index contributed by atoms with van der Waals surface area (Å²) in [4.78, 5) is 15.7. The number of hydrogen-bond donors (Lipinski definition) is 2. The third kappa shape index (κ3) is 8.44. The van der Waals surface area contributed by atoms with E-state index in [0.29, 0.717) is 5.92 Å². The molecule has 108 valence electrons. The smallest absolute Gasteiger partial charge is 0.234 e. The third-order valence-corrected chi connectivity index (χ3v) is 2.91. The molecule has 1 atom stereocenters. The Balaban J connectivity index is 4.17. The Bertz CT molecular complexity index is 231. The number of nitrogens with two attached hydrogens (primary N) is 1. The number of nitrogens with one attached hydrogen (secondary N) is 1. The second-order valence-corrected chi connectivity index (χ2v) is 5.53. The van der Waals surface area contributed by atoms with Crippen LogP contribution >= 0.6 is 0 Å². The average Bonchev–Trinajstić information content (AvgIpc) is 2.25. The monoisotopic (exact) mass is 258 g/mol. The van der Waals surface area contributed by atoms with E-state index in [1.54, 1.807) is 7.05 Å². The van der Waals surface area contributed by atoms with E-state index in [1.807, 2.05) is 0 Å². The molecule has 0 aromatic rings. The highest BCUT2D eigenvalue weighted by Gasteiger charge is 2.15. The van der Waals surface area contributed by atoms with Crippen LogP contribution in [0.2, 0.25) is 0 Å². The van der Waals surface area contributed by atoms with Crippen molar-refractivity contribution in [1.29, 1.82) is 0 Å². The maximum atomic E-state index is 11.2. The van der Waals surface area contributed by atoms with Crippen molar-refractivity contribution in [3.05, 3.63) is 0 Å². The zero-order valence-electron chi connectivity index (χ0n) is 12.6. The van der Waals surface area contributed by atoms with Gasteiger partial charge in [-0.25, -0.2) is 0 Å². The number of rotatable bonds is 10. The maximum Gasteiger partial charge on any atom is 0.234 e. The molecule has 0 fully saturated rings. The minimum atomic E-state index is -0.269. The highest BCUT2D eigenvalue weighted by atomic mass is 16.1. The molecule has 0 spiro atoms. The van der Waals surface area contributed by atoms with Gasteiger partial charge in [-0.3, -0.25) is 4.79 Å². The second kappa shape index (κ2) is 9.30. The minimum absolute atomic E-state index is 0.223. The fourth-order valence-corrected chi connectivity index (χ4v) is 1.89. The Labute approximate surface area is 112 Å². The van der Waals surface area contributed by atoms with Gasteiger partial charge in [0.1, 0.15) is 0 Å². The molecular weight excluding hydrogens is 228 g/mol. The van der Waals surface area contributed by atoms with E-state index in [4.69, 9.17) is 5.73 Å². The molecule has 0 saturated heterocycles. The number of carbonyl (C=O) groups excluding carboxylic acids is 1. The Morgan fingerprint density at radius 1 is 1.22 bits per heavy atom. The molecule has 0 aliphatic heterocycles. The molecule has 0 aromatic heterocycles. The fraction of sp³-hybridized carbons (Fsp3) is 0.923. The highest BCUT2D eigenvalue weighted by Crippen LogP contribution is 2.02. The van der Waals surface area contributed by atoms with E-state index < -0.39 is 0 Å². The molecule has 0 aromatic carbocycles. The van der Waals surface area contributed by atoms with Gasteiger partial charge in [0.25, 0.3) is 0 Å². The quantitative estimate of drug-likeness (QED) is 0.578. The minimum Gasteiger partial charge on any atom is -0.368 e. The van der Waals surface area contributed by atoms with E-state index in [-0.39, 0.29) is 11.9 Å². The van der Waals surface area contributed by atoms with E-state index in [1.165, 1.54) is 0 Å². The normalized spacial score (nSPS) is 13.6. The summed E-state index contributed by atoms with van der Waals surface area (Å²) in [5, 5.41) is 2.96. The second-order valence-electron chi connectivity index (χ2n) is 5.53. The van der Waals surface area contributed by atoms with Crippen LogP contribution in [0, 0.1) is 5.92 Å². The molecule has 0 heterocycles. The van der Waals surface area contributed by atoms with Crippen LogP contribution in [-0.2, 0) is 4.79 Å². The Morgan fingerprint density at radius 2 is 1.83 bits per heavy atom. The molecule has 0 rings (SSSR count). The molecular formula is C13H30N4O. The van der Waals surface area contributed by atoms with Crippen molar-refractivity contribution < 1.29 is 4.79 Å². The summed E-state index contributed by atoms with van der Waals surface area (Å²) < 4.78 is 0. The summed E-state index contributed by atoms with van der Waals surface area (Å²) in [6.07, 6.45) is 0.770. The molecule has 0 aliphatic rings. The van der Waals surface area contributed by atoms with Crippen LogP contribution in [0.5, 0.6) is 0 Å². The topological polar surface area (TPSA) is 61.6 Å². The molecule has 1 amide bonds. The van der Waals surface area contributed by atoms with Crippen LogP contribution in [0.1, 0.15) is 20.3 Å². The van der Waals surface area contributed by atoms with E-state index in [0.717, 1.165) is 32.6 Å². The summed E-state index contributed by atoms with van der Waals surface area (Å²) in [7, 11) is 5.93. The van der Waals surface area contributed by atoms with Gasteiger partial charge >= 0.3 is 0 Å². The summed E-state index contributed by atoms with van der Waals surface area (Å²) >= 11 is 0. The number of carbonyl (C=O) groups is 1. The number of likely N-dealkylation sites (N-methyl/N-ethyl adjacent to an activating group) is 2. The predicted octanol–water partition coefficient (Wildman–Crippen LogP) is -0.0306. The highest BCUT2D eigenvalue weighted by molar-refractivity contribution is 5.79.